The zero-order valence-corrected chi connectivity index (χ0v) is 18.9. The standard InChI is InChI=1S/C23H25N5O3S/c1-16-7-3-6-10-20(16)28-22(27-11-13-31-14-12-27)25-26-23(28)32-15-21(30)24-19-9-5-4-8-18(19)17(2)29/h3-10H,11-15H2,1-2H3,(H,24,30). The Balaban J connectivity index is 1.56. The molecule has 166 valence electrons. The van der Waals surface area contributed by atoms with Crippen molar-refractivity contribution >= 4 is 35.1 Å². The molecule has 0 aliphatic carbocycles. The number of hydrogen-bond acceptors (Lipinski definition) is 7. The molecule has 0 spiro atoms. The Hall–Kier alpha value is -3.17. The van der Waals surface area contributed by atoms with E-state index < -0.39 is 0 Å². The van der Waals surface area contributed by atoms with E-state index in [1.54, 1.807) is 24.3 Å². The largest absolute Gasteiger partial charge is 0.378 e. The Morgan fingerprint density at radius 2 is 1.78 bits per heavy atom. The summed E-state index contributed by atoms with van der Waals surface area (Å²) in [6.07, 6.45) is 0. The molecule has 0 saturated carbocycles. The molecule has 0 atom stereocenters. The highest BCUT2D eigenvalue weighted by Gasteiger charge is 2.23. The lowest BCUT2D eigenvalue weighted by atomic mass is 10.1. The van der Waals surface area contributed by atoms with Gasteiger partial charge in [0.25, 0.3) is 0 Å². The van der Waals surface area contributed by atoms with E-state index in [9.17, 15) is 9.59 Å². The van der Waals surface area contributed by atoms with E-state index in [0.717, 1.165) is 30.3 Å². The van der Waals surface area contributed by atoms with Crippen molar-refractivity contribution < 1.29 is 14.3 Å². The van der Waals surface area contributed by atoms with Gasteiger partial charge in [0.1, 0.15) is 0 Å². The minimum Gasteiger partial charge on any atom is -0.378 e. The summed E-state index contributed by atoms with van der Waals surface area (Å²) in [7, 11) is 0. The number of ketones is 1. The third-order valence-electron chi connectivity index (χ3n) is 5.18. The van der Waals surface area contributed by atoms with Gasteiger partial charge in [-0.1, -0.05) is 42.1 Å². The number of aryl methyl sites for hydroxylation is 1. The summed E-state index contributed by atoms with van der Waals surface area (Å²) in [6.45, 7) is 6.27. The van der Waals surface area contributed by atoms with Crippen molar-refractivity contribution in [2.75, 3.05) is 42.3 Å². The average Bonchev–Trinajstić information content (AvgIpc) is 3.22. The average molecular weight is 452 g/mol. The van der Waals surface area contributed by atoms with Gasteiger partial charge in [-0.2, -0.15) is 0 Å². The SMILES string of the molecule is CC(=O)c1ccccc1NC(=O)CSc1nnc(N2CCOCC2)n1-c1ccccc1C. The number of ether oxygens (including phenoxy) is 1. The Morgan fingerprint density at radius 3 is 2.53 bits per heavy atom. The van der Waals surface area contributed by atoms with Gasteiger partial charge in [0.05, 0.1) is 30.3 Å². The fourth-order valence-electron chi connectivity index (χ4n) is 3.56. The molecule has 0 bridgehead atoms. The minimum atomic E-state index is -0.212. The third kappa shape index (κ3) is 4.84. The predicted molar refractivity (Wildman–Crippen MR) is 125 cm³/mol. The fourth-order valence-corrected chi connectivity index (χ4v) is 4.30. The number of morpholine rings is 1. The molecule has 0 radical (unpaired) electrons. The molecule has 1 fully saturated rings. The number of carbonyl (C=O) groups excluding carboxylic acids is 2. The van der Waals surface area contributed by atoms with E-state index in [-0.39, 0.29) is 17.4 Å². The van der Waals surface area contributed by atoms with Crippen molar-refractivity contribution in [1.29, 1.82) is 0 Å². The lowest BCUT2D eigenvalue weighted by Crippen LogP contribution is -2.38. The van der Waals surface area contributed by atoms with E-state index in [0.29, 0.717) is 29.6 Å². The molecule has 1 saturated heterocycles. The second-order valence-electron chi connectivity index (χ2n) is 7.44. The molecular formula is C23H25N5O3S. The van der Waals surface area contributed by atoms with Gasteiger partial charge in [-0.05, 0) is 37.6 Å². The Kier molecular flexibility index (Phi) is 6.87. The van der Waals surface area contributed by atoms with Crippen LogP contribution in [0.15, 0.2) is 53.7 Å². The van der Waals surface area contributed by atoms with Crippen LogP contribution in [0.25, 0.3) is 5.69 Å². The fraction of sp³-hybridized carbons (Fsp3) is 0.304. The van der Waals surface area contributed by atoms with Crippen molar-refractivity contribution in [3.05, 3.63) is 59.7 Å². The molecule has 1 aliphatic rings. The quantitative estimate of drug-likeness (QED) is 0.435. The van der Waals surface area contributed by atoms with E-state index in [4.69, 9.17) is 4.74 Å². The zero-order valence-electron chi connectivity index (χ0n) is 18.1. The molecule has 1 N–H and O–H groups in total. The number of nitrogens with zero attached hydrogens (tertiary/aromatic N) is 4. The highest BCUT2D eigenvalue weighted by molar-refractivity contribution is 7.99. The Morgan fingerprint density at radius 1 is 1.06 bits per heavy atom. The van der Waals surface area contributed by atoms with Crippen LogP contribution in [-0.4, -0.2) is 58.5 Å². The number of Topliss-reactive ketones (excluding diaryl/α,β-unsaturated/α-hetero) is 1. The van der Waals surface area contributed by atoms with Gasteiger partial charge in [0, 0.05) is 18.7 Å². The molecule has 3 aromatic rings. The molecular weight excluding hydrogens is 426 g/mol. The number of aromatic nitrogens is 3. The lowest BCUT2D eigenvalue weighted by Gasteiger charge is -2.28. The predicted octanol–water partition coefficient (Wildman–Crippen LogP) is 3.35. The molecule has 1 aromatic heterocycles. The summed E-state index contributed by atoms with van der Waals surface area (Å²) in [6, 6.07) is 15.0. The maximum Gasteiger partial charge on any atom is 0.234 e. The maximum absolute atomic E-state index is 12.7. The summed E-state index contributed by atoms with van der Waals surface area (Å²) in [5.41, 5.74) is 3.07. The van der Waals surface area contributed by atoms with Crippen LogP contribution >= 0.6 is 11.8 Å². The third-order valence-corrected chi connectivity index (χ3v) is 6.11. The summed E-state index contributed by atoms with van der Waals surface area (Å²) in [5, 5.41) is 12.3. The molecule has 4 rings (SSSR count). The Bertz CT molecular complexity index is 1120. The van der Waals surface area contributed by atoms with Crippen molar-refractivity contribution in [3.8, 4) is 5.69 Å². The van der Waals surface area contributed by atoms with Crippen LogP contribution < -0.4 is 10.2 Å². The lowest BCUT2D eigenvalue weighted by molar-refractivity contribution is -0.113. The smallest absolute Gasteiger partial charge is 0.234 e. The van der Waals surface area contributed by atoms with Crippen LogP contribution in [0.5, 0.6) is 0 Å². The van der Waals surface area contributed by atoms with Gasteiger partial charge in [-0.25, -0.2) is 0 Å². The van der Waals surface area contributed by atoms with Gasteiger partial charge in [0.2, 0.25) is 11.9 Å². The number of hydrogen-bond donors (Lipinski definition) is 1. The van der Waals surface area contributed by atoms with Crippen molar-refractivity contribution in [3.63, 3.8) is 0 Å². The van der Waals surface area contributed by atoms with E-state index in [2.05, 4.69) is 20.4 Å². The van der Waals surface area contributed by atoms with Crippen LogP contribution in [0.2, 0.25) is 0 Å². The molecule has 1 aliphatic heterocycles. The van der Waals surface area contributed by atoms with Crippen molar-refractivity contribution in [1.82, 2.24) is 14.8 Å². The van der Waals surface area contributed by atoms with E-state index in [1.807, 2.05) is 35.8 Å². The number of rotatable bonds is 7. The summed E-state index contributed by atoms with van der Waals surface area (Å²) < 4.78 is 7.48. The van der Waals surface area contributed by atoms with Crippen molar-refractivity contribution in [2.24, 2.45) is 0 Å². The summed E-state index contributed by atoms with van der Waals surface area (Å²) >= 11 is 1.31. The van der Waals surface area contributed by atoms with Gasteiger partial charge >= 0.3 is 0 Å². The summed E-state index contributed by atoms with van der Waals surface area (Å²) in [4.78, 5) is 26.6. The van der Waals surface area contributed by atoms with Gasteiger partial charge in [0.15, 0.2) is 10.9 Å². The molecule has 8 nitrogen and oxygen atoms in total. The topological polar surface area (TPSA) is 89.3 Å². The van der Waals surface area contributed by atoms with E-state index >= 15 is 0 Å². The van der Waals surface area contributed by atoms with Gasteiger partial charge in [-0.15, -0.1) is 10.2 Å². The minimum absolute atomic E-state index is 0.0944. The first kappa shape index (κ1) is 22.0. The normalized spacial score (nSPS) is 13.8. The van der Waals surface area contributed by atoms with E-state index in [1.165, 1.54) is 18.7 Å². The first-order valence-corrected chi connectivity index (χ1v) is 11.4. The van der Waals surface area contributed by atoms with Crippen LogP contribution in [0, 0.1) is 6.92 Å². The van der Waals surface area contributed by atoms with Crippen LogP contribution in [0.3, 0.4) is 0 Å². The monoisotopic (exact) mass is 451 g/mol. The van der Waals surface area contributed by atoms with Gasteiger partial charge in [-0.3, -0.25) is 14.2 Å². The maximum atomic E-state index is 12.7. The number of para-hydroxylation sites is 2. The molecule has 32 heavy (non-hydrogen) atoms. The second-order valence-corrected chi connectivity index (χ2v) is 8.39. The highest BCUT2D eigenvalue weighted by atomic mass is 32.2. The number of carbonyl (C=O) groups is 2. The number of amides is 1. The molecule has 0 unspecified atom stereocenters. The zero-order chi connectivity index (χ0) is 22.5. The molecule has 2 heterocycles. The molecule has 2 aromatic carbocycles. The number of anilines is 2. The number of nitrogens with one attached hydrogen (secondary N) is 1. The number of benzene rings is 2. The Labute approximate surface area is 191 Å². The van der Waals surface area contributed by atoms with Crippen LogP contribution in [0.1, 0.15) is 22.8 Å². The second kappa shape index (κ2) is 9.97. The molecule has 9 heteroatoms. The number of thioether (sulfide) groups is 1. The molecule has 1 amide bonds. The highest BCUT2D eigenvalue weighted by Crippen LogP contribution is 2.29. The first-order chi connectivity index (χ1) is 15.5. The first-order valence-electron chi connectivity index (χ1n) is 10.4. The van der Waals surface area contributed by atoms with Crippen LogP contribution in [-0.2, 0) is 9.53 Å². The van der Waals surface area contributed by atoms with Gasteiger partial charge < -0.3 is 15.0 Å². The van der Waals surface area contributed by atoms with Crippen LogP contribution in [0.4, 0.5) is 11.6 Å². The summed E-state index contributed by atoms with van der Waals surface area (Å²) in [5.74, 6) is 0.575. The van der Waals surface area contributed by atoms with Crippen molar-refractivity contribution in [2.45, 2.75) is 19.0 Å².